The molecule has 1 unspecified atom stereocenters. The van der Waals surface area contributed by atoms with E-state index in [9.17, 15) is 18.4 Å². The van der Waals surface area contributed by atoms with Gasteiger partial charge in [0.25, 0.3) is 0 Å². The van der Waals surface area contributed by atoms with Gasteiger partial charge in [-0.2, -0.15) is 0 Å². The van der Waals surface area contributed by atoms with Crippen LogP contribution in [0.1, 0.15) is 39.0 Å². The molecule has 0 radical (unpaired) electrons. The normalized spacial score (nSPS) is 25.9. The summed E-state index contributed by atoms with van der Waals surface area (Å²) in [6, 6.07) is 0. The van der Waals surface area contributed by atoms with E-state index in [4.69, 9.17) is 9.47 Å². The molecule has 0 N–H and O–H groups in total. The van der Waals surface area contributed by atoms with Gasteiger partial charge in [-0.05, 0) is 18.8 Å². The van der Waals surface area contributed by atoms with Crippen LogP contribution in [0, 0.1) is 11.8 Å². The van der Waals surface area contributed by atoms with E-state index in [-0.39, 0.29) is 42.9 Å². The molecule has 8 heteroatoms. The summed E-state index contributed by atoms with van der Waals surface area (Å²) in [6.45, 7) is 4.97. The molecule has 2 aliphatic heterocycles. The number of likely N-dealkylation sites (tertiary alicyclic amines) is 1. The second-order valence-electron chi connectivity index (χ2n) is 8.36. The number of halogens is 2. The number of nitrogens with zero attached hydrogens (tertiary/aromatic N) is 2. The Hall–Kier alpha value is -1.28. The van der Waals surface area contributed by atoms with Gasteiger partial charge in [0, 0.05) is 52.6 Å². The molecular formula is C19H30F2N2O4. The van der Waals surface area contributed by atoms with E-state index in [2.05, 4.69) is 0 Å². The van der Waals surface area contributed by atoms with Crippen LogP contribution in [0.25, 0.3) is 0 Å². The van der Waals surface area contributed by atoms with Crippen molar-refractivity contribution in [1.82, 2.24) is 9.80 Å². The topological polar surface area (TPSA) is 59.1 Å². The monoisotopic (exact) mass is 388 g/mol. The zero-order valence-corrected chi connectivity index (χ0v) is 16.2. The van der Waals surface area contributed by atoms with Gasteiger partial charge in [0.15, 0.2) is 0 Å². The van der Waals surface area contributed by atoms with Crippen molar-refractivity contribution in [1.29, 1.82) is 0 Å². The Kier molecular flexibility index (Phi) is 6.05. The highest BCUT2D eigenvalue weighted by atomic mass is 19.3. The average Bonchev–Trinajstić information content (AvgIpc) is 2.60. The molecule has 154 valence electrons. The summed E-state index contributed by atoms with van der Waals surface area (Å²) in [5.41, 5.74) is -0.402. The summed E-state index contributed by atoms with van der Waals surface area (Å²) in [5.74, 6) is -2.92. The molecule has 0 aromatic rings. The molecule has 3 rings (SSSR count). The van der Waals surface area contributed by atoms with Gasteiger partial charge in [0.1, 0.15) is 0 Å². The minimum Gasteiger partial charge on any atom is -0.384 e. The summed E-state index contributed by atoms with van der Waals surface area (Å²) in [4.78, 5) is 28.6. The molecule has 3 fully saturated rings. The molecule has 3 aliphatic rings. The molecule has 1 atom stereocenters. The van der Waals surface area contributed by atoms with E-state index in [0.717, 1.165) is 0 Å². The van der Waals surface area contributed by atoms with Gasteiger partial charge in [-0.1, -0.05) is 6.92 Å². The molecule has 6 nitrogen and oxygen atoms in total. The van der Waals surface area contributed by atoms with Gasteiger partial charge < -0.3 is 19.3 Å². The SMILES string of the molecule is COCC(C)C(=O)N1CCOC2(CCN(C(=O)CC3CC(F)(F)C3)CC2)C1. The van der Waals surface area contributed by atoms with Crippen molar-refractivity contribution in [2.75, 3.05) is 46.5 Å². The Morgan fingerprint density at radius 1 is 1.19 bits per heavy atom. The molecule has 0 aromatic carbocycles. The molecule has 2 heterocycles. The molecule has 0 aromatic heterocycles. The number of hydrogen-bond donors (Lipinski definition) is 0. The molecule has 1 spiro atoms. The van der Waals surface area contributed by atoms with Crippen molar-refractivity contribution in [2.24, 2.45) is 11.8 Å². The van der Waals surface area contributed by atoms with E-state index in [1.54, 1.807) is 12.0 Å². The smallest absolute Gasteiger partial charge is 0.248 e. The summed E-state index contributed by atoms with van der Waals surface area (Å²) in [7, 11) is 1.59. The largest absolute Gasteiger partial charge is 0.384 e. The minimum atomic E-state index is -2.58. The maximum atomic E-state index is 12.9. The summed E-state index contributed by atoms with van der Waals surface area (Å²) in [6.07, 6.45) is 1.21. The Morgan fingerprint density at radius 3 is 2.44 bits per heavy atom. The Balaban J connectivity index is 1.48. The molecule has 0 bridgehead atoms. The number of morpholine rings is 1. The van der Waals surface area contributed by atoms with Gasteiger partial charge in [0.05, 0.1) is 24.7 Å². The third-order valence-electron chi connectivity index (χ3n) is 6.06. The van der Waals surface area contributed by atoms with E-state index in [0.29, 0.717) is 52.2 Å². The van der Waals surface area contributed by atoms with Crippen LogP contribution in [0.2, 0.25) is 0 Å². The number of amides is 2. The van der Waals surface area contributed by atoms with Gasteiger partial charge >= 0.3 is 0 Å². The summed E-state index contributed by atoms with van der Waals surface area (Å²) in [5, 5.41) is 0. The quantitative estimate of drug-likeness (QED) is 0.722. The first kappa shape index (κ1) is 20.5. The van der Waals surface area contributed by atoms with Crippen LogP contribution >= 0.6 is 0 Å². The first-order valence-electron chi connectivity index (χ1n) is 9.81. The van der Waals surface area contributed by atoms with Crippen LogP contribution in [-0.4, -0.2) is 79.6 Å². The number of piperidine rings is 1. The fourth-order valence-corrected chi connectivity index (χ4v) is 4.44. The fraction of sp³-hybridized carbons (Fsp3) is 0.895. The highest BCUT2D eigenvalue weighted by molar-refractivity contribution is 5.79. The first-order valence-corrected chi connectivity index (χ1v) is 9.81. The van der Waals surface area contributed by atoms with Crippen LogP contribution in [0.4, 0.5) is 8.78 Å². The zero-order valence-electron chi connectivity index (χ0n) is 16.2. The molecule has 1 saturated carbocycles. The summed E-state index contributed by atoms with van der Waals surface area (Å²) >= 11 is 0. The number of carbonyl (C=O) groups excluding carboxylic acids is 2. The van der Waals surface area contributed by atoms with Crippen molar-refractivity contribution in [3.63, 3.8) is 0 Å². The van der Waals surface area contributed by atoms with Gasteiger partial charge in [-0.3, -0.25) is 9.59 Å². The highest BCUT2D eigenvalue weighted by Crippen LogP contribution is 2.44. The second kappa shape index (κ2) is 7.99. The minimum absolute atomic E-state index is 0.0391. The van der Waals surface area contributed by atoms with Crippen molar-refractivity contribution >= 4 is 11.8 Å². The Labute approximate surface area is 159 Å². The standard InChI is InChI=1S/C19H30F2N2O4/c1-14(12-26-2)17(25)23-7-8-27-18(13-23)3-5-22(6-4-18)16(24)9-15-10-19(20,21)11-15/h14-15H,3-13H2,1-2H3. The third-order valence-corrected chi connectivity index (χ3v) is 6.06. The van der Waals surface area contributed by atoms with Crippen LogP contribution in [0.3, 0.4) is 0 Å². The number of methoxy groups -OCH3 is 1. The predicted octanol–water partition coefficient (Wildman–Crippen LogP) is 1.92. The number of ether oxygens (including phenoxy) is 2. The Bertz CT molecular complexity index is 556. The number of carbonyl (C=O) groups is 2. The van der Waals surface area contributed by atoms with E-state index >= 15 is 0 Å². The van der Waals surface area contributed by atoms with E-state index in [1.165, 1.54) is 0 Å². The number of alkyl halides is 2. The van der Waals surface area contributed by atoms with Crippen LogP contribution in [0.5, 0.6) is 0 Å². The first-order chi connectivity index (χ1) is 12.7. The van der Waals surface area contributed by atoms with Crippen LogP contribution < -0.4 is 0 Å². The van der Waals surface area contributed by atoms with Crippen molar-refractivity contribution in [3.8, 4) is 0 Å². The van der Waals surface area contributed by atoms with E-state index < -0.39 is 11.5 Å². The third kappa shape index (κ3) is 4.77. The lowest BCUT2D eigenvalue weighted by Gasteiger charge is -2.48. The molecule has 1 aliphatic carbocycles. The van der Waals surface area contributed by atoms with Crippen molar-refractivity contribution in [3.05, 3.63) is 0 Å². The van der Waals surface area contributed by atoms with Gasteiger partial charge in [-0.25, -0.2) is 8.78 Å². The number of hydrogen-bond acceptors (Lipinski definition) is 4. The highest BCUT2D eigenvalue weighted by Gasteiger charge is 2.47. The van der Waals surface area contributed by atoms with Crippen molar-refractivity contribution in [2.45, 2.75) is 50.6 Å². The second-order valence-corrected chi connectivity index (χ2v) is 8.36. The fourth-order valence-electron chi connectivity index (χ4n) is 4.44. The van der Waals surface area contributed by atoms with Gasteiger partial charge in [-0.15, -0.1) is 0 Å². The lowest BCUT2D eigenvalue weighted by Crippen LogP contribution is -2.59. The lowest BCUT2D eigenvalue weighted by atomic mass is 9.78. The maximum absolute atomic E-state index is 12.9. The van der Waals surface area contributed by atoms with Crippen molar-refractivity contribution < 1.29 is 27.8 Å². The average molecular weight is 388 g/mol. The zero-order chi connectivity index (χ0) is 19.7. The lowest BCUT2D eigenvalue weighted by molar-refractivity contribution is -0.167. The molecule has 2 amide bonds. The summed E-state index contributed by atoms with van der Waals surface area (Å²) < 4.78 is 37.0. The number of rotatable bonds is 5. The molecule has 2 saturated heterocycles. The van der Waals surface area contributed by atoms with Gasteiger partial charge in [0.2, 0.25) is 17.7 Å². The van der Waals surface area contributed by atoms with Crippen LogP contribution in [-0.2, 0) is 19.1 Å². The molecular weight excluding hydrogens is 358 g/mol. The Morgan fingerprint density at radius 2 is 1.85 bits per heavy atom. The molecule has 27 heavy (non-hydrogen) atoms. The predicted molar refractivity (Wildman–Crippen MR) is 94.4 cm³/mol. The maximum Gasteiger partial charge on any atom is 0.248 e. The van der Waals surface area contributed by atoms with Crippen LogP contribution in [0.15, 0.2) is 0 Å². The van der Waals surface area contributed by atoms with E-state index in [1.807, 2.05) is 11.8 Å².